The lowest BCUT2D eigenvalue weighted by atomic mass is 9.92. The number of pyridine rings is 2. The minimum absolute atomic E-state index is 0.0390. The number of aryl methyl sites for hydroxylation is 2. The van der Waals surface area contributed by atoms with Crippen LogP contribution >= 0.6 is 11.5 Å². The third-order valence-electron chi connectivity index (χ3n) is 5.30. The summed E-state index contributed by atoms with van der Waals surface area (Å²) in [4.78, 5) is 24.6. The maximum atomic E-state index is 13.0. The molecule has 3 aromatic heterocycles. The van der Waals surface area contributed by atoms with Crippen molar-refractivity contribution in [3.63, 3.8) is 0 Å². The Morgan fingerprint density at radius 2 is 2.17 bits per heavy atom. The number of carbonyl (C=O) groups excluding carboxylic acids is 1. The van der Waals surface area contributed by atoms with E-state index in [0.29, 0.717) is 23.7 Å². The first-order chi connectivity index (χ1) is 14.0. The van der Waals surface area contributed by atoms with Crippen LogP contribution in [0.25, 0.3) is 11.1 Å². The highest BCUT2D eigenvalue weighted by atomic mass is 32.1. The van der Waals surface area contributed by atoms with Crippen molar-refractivity contribution in [3.05, 3.63) is 52.4 Å². The fraction of sp³-hybridized carbons (Fsp3) is 0.381. The van der Waals surface area contributed by atoms with Crippen LogP contribution in [0.1, 0.15) is 52.4 Å². The lowest BCUT2D eigenvalue weighted by Crippen LogP contribution is -2.39. The molecule has 0 saturated carbocycles. The number of nitrogens with zero attached hydrogens (tertiary/aromatic N) is 5. The molecule has 3 aromatic rings. The summed E-state index contributed by atoms with van der Waals surface area (Å²) in [6.45, 7) is 5.42. The van der Waals surface area contributed by atoms with Gasteiger partial charge in [-0.1, -0.05) is 11.4 Å². The lowest BCUT2D eigenvalue weighted by Gasteiger charge is -2.32. The second kappa shape index (κ2) is 8.24. The van der Waals surface area contributed by atoms with Gasteiger partial charge in [0.05, 0.1) is 5.69 Å². The number of aromatic nitrogens is 4. The molecule has 4 rings (SSSR count). The first-order valence-corrected chi connectivity index (χ1v) is 10.6. The summed E-state index contributed by atoms with van der Waals surface area (Å²) in [6.07, 6.45) is 4.47. The van der Waals surface area contributed by atoms with Crippen molar-refractivity contribution in [1.82, 2.24) is 24.5 Å². The molecule has 1 atom stereocenters. The number of anilines is 1. The van der Waals surface area contributed by atoms with E-state index in [1.165, 1.54) is 11.5 Å². The van der Waals surface area contributed by atoms with E-state index in [2.05, 4.69) is 26.7 Å². The molecule has 4 heterocycles. The molecule has 1 saturated heterocycles. The zero-order valence-electron chi connectivity index (χ0n) is 16.6. The second-order valence-electron chi connectivity index (χ2n) is 7.39. The van der Waals surface area contributed by atoms with Gasteiger partial charge >= 0.3 is 0 Å². The average Bonchev–Trinajstić information content (AvgIpc) is 3.22. The van der Waals surface area contributed by atoms with Gasteiger partial charge in [0.25, 0.3) is 5.91 Å². The van der Waals surface area contributed by atoms with Crippen molar-refractivity contribution in [1.29, 1.82) is 0 Å². The number of piperidine rings is 1. The van der Waals surface area contributed by atoms with Crippen LogP contribution < -0.4 is 5.73 Å². The maximum Gasteiger partial charge on any atom is 0.267 e. The van der Waals surface area contributed by atoms with Crippen molar-refractivity contribution in [3.8, 4) is 11.1 Å². The number of likely N-dealkylation sites (tertiary alicyclic amines) is 1. The van der Waals surface area contributed by atoms with Crippen LogP contribution in [0.2, 0.25) is 0 Å². The molecule has 150 valence electrons. The number of rotatable bonds is 4. The van der Waals surface area contributed by atoms with Crippen molar-refractivity contribution < 1.29 is 4.79 Å². The number of amides is 1. The van der Waals surface area contributed by atoms with Crippen molar-refractivity contribution in [2.75, 3.05) is 18.8 Å². The molecule has 0 unspecified atom stereocenters. The number of nitrogen functional groups attached to an aromatic ring is 1. The van der Waals surface area contributed by atoms with E-state index in [4.69, 9.17) is 10.7 Å². The number of hydrogen-bond acceptors (Lipinski definition) is 7. The van der Waals surface area contributed by atoms with Crippen LogP contribution in [0.5, 0.6) is 0 Å². The highest BCUT2D eigenvalue weighted by Crippen LogP contribution is 2.30. The SMILES string of the molecule is CCc1nnsc1C(=O)N1CCC[C@H](c2cc(-c3ccc(N)nc3)cc(C)n2)C1. The second-order valence-corrected chi connectivity index (χ2v) is 8.14. The monoisotopic (exact) mass is 408 g/mol. The molecule has 0 radical (unpaired) electrons. The third-order valence-corrected chi connectivity index (χ3v) is 6.06. The topological polar surface area (TPSA) is 97.9 Å². The van der Waals surface area contributed by atoms with Gasteiger partial charge in [0, 0.05) is 42.2 Å². The number of carbonyl (C=O) groups is 1. The molecule has 1 aliphatic rings. The molecule has 29 heavy (non-hydrogen) atoms. The predicted octanol–water partition coefficient (Wildman–Crippen LogP) is 3.47. The van der Waals surface area contributed by atoms with Gasteiger partial charge in [0.15, 0.2) is 0 Å². The Morgan fingerprint density at radius 3 is 2.93 bits per heavy atom. The van der Waals surface area contributed by atoms with E-state index in [0.717, 1.165) is 47.6 Å². The molecule has 1 amide bonds. The van der Waals surface area contributed by atoms with Crippen LogP contribution in [0.4, 0.5) is 5.82 Å². The standard InChI is InChI=1S/C21H24N6OS/c1-3-17-20(29-26-25-17)21(28)27-8-4-5-15(12-27)18-10-16(9-13(2)24-18)14-6-7-19(22)23-11-14/h6-7,9-11,15H,3-5,8,12H2,1-2H3,(H2,22,23)/t15-/m0/s1. The maximum absolute atomic E-state index is 13.0. The molecule has 1 fully saturated rings. The molecule has 0 spiro atoms. The Kier molecular flexibility index (Phi) is 5.53. The molecule has 2 N–H and O–H groups in total. The summed E-state index contributed by atoms with van der Waals surface area (Å²) in [5.41, 5.74) is 10.6. The summed E-state index contributed by atoms with van der Waals surface area (Å²) in [5.74, 6) is 0.751. The highest BCUT2D eigenvalue weighted by Gasteiger charge is 2.29. The van der Waals surface area contributed by atoms with Gasteiger partial charge in [0.1, 0.15) is 10.7 Å². The highest BCUT2D eigenvalue weighted by molar-refractivity contribution is 7.08. The van der Waals surface area contributed by atoms with Crippen molar-refractivity contribution >= 4 is 23.3 Å². The smallest absolute Gasteiger partial charge is 0.267 e. The fourth-order valence-corrected chi connectivity index (χ4v) is 4.51. The zero-order chi connectivity index (χ0) is 20.4. The molecular weight excluding hydrogens is 384 g/mol. The average molecular weight is 409 g/mol. The normalized spacial score (nSPS) is 16.8. The van der Waals surface area contributed by atoms with Crippen molar-refractivity contribution in [2.45, 2.75) is 39.0 Å². The fourth-order valence-electron chi connectivity index (χ4n) is 3.80. The largest absolute Gasteiger partial charge is 0.384 e. The molecule has 0 aromatic carbocycles. The zero-order valence-corrected chi connectivity index (χ0v) is 17.4. The van der Waals surface area contributed by atoms with Crippen LogP contribution in [0, 0.1) is 6.92 Å². The lowest BCUT2D eigenvalue weighted by molar-refractivity contribution is 0.0709. The number of hydrogen-bond donors (Lipinski definition) is 1. The van der Waals surface area contributed by atoms with E-state index in [1.807, 2.05) is 24.8 Å². The summed E-state index contributed by atoms with van der Waals surface area (Å²) in [6, 6.07) is 7.95. The molecule has 1 aliphatic heterocycles. The molecule has 0 bridgehead atoms. The predicted molar refractivity (Wildman–Crippen MR) is 114 cm³/mol. The van der Waals surface area contributed by atoms with Gasteiger partial charge in [-0.25, -0.2) is 4.98 Å². The summed E-state index contributed by atoms with van der Waals surface area (Å²) >= 11 is 1.19. The van der Waals surface area contributed by atoms with E-state index < -0.39 is 0 Å². The molecule has 7 nitrogen and oxygen atoms in total. The first-order valence-electron chi connectivity index (χ1n) is 9.86. The van der Waals surface area contributed by atoms with Gasteiger partial charge in [0.2, 0.25) is 0 Å². The quantitative estimate of drug-likeness (QED) is 0.710. The number of nitrogens with two attached hydrogens (primary N) is 1. The Morgan fingerprint density at radius 1 is 1.31 bits per heavy atom. The first kappa shape index (κ1) is 19.4. The Hall–Kier alpha value is -2.87. The van der Waals surface area contributed by atoms with Gasteiger partial charge in [-0.3, -0.25) is 9.78 Å². The minimum Gasteiger partial charge on any atom is -0.384 e. The van der Waals surface area contributed by atoms with E-state index >= 15 is 0 Å². The Labute approximate surface area is 174 Å². The van der Waals surface area contributed by atoms with Crippen LogP contribution in [0.3, 0.4) is 0 Å². The van der Waals surface area contributed by atoms with Crippen molar-refractivity contribution in [2.24, 2.45) is 0 Å². The Bertz CT molecular complexity index is 1020. The molecule has 0 aliphatic carbocycles. The minimum atomic E-state index is 0.0390. The molecular formula is C21H24N6OS. The Balaban J connectivity index is 1.58. The summed E-state index contributed by atoms with van der Waals surface area (Å²) in [7, 11) is 0. The van der Waals surface area contributed by atoms with E-state index in [-0.39, 0.29) is 11.8 Å². The summed E-state index contributed by atoms with van der Waals surface area (Å²) < 4.78 is 3.97. The van der Waals surface area contributed by atoms with E-state index in [9.17, 15) is 4.79 Å². The molecule has 8 heteroatoms. The van der Waals surface area contributed by atoms with Gasteiger partial charge < -0.3 is 10.6 Å². The third kappa shape index (κ3) is 4.12. The summed E-state index contributed by atoms with van der Waals surface area (Å²) in [5, 5.41) is 4.08. The van der Waals surface area contributed by atoms with Gasteiger partial charge in [-0.05, 0) is 67.5 Å². The van der Waals surface area contributed by atoms with Gasteiger partial charge in [-0.2, -0.15) is 0 Å². The van der Waals surface area contributed by atoms with Crippen LogP contribution in [-0.4, -0.2) is 43.5 Å². The van der Waals surface area contributed by atoms with E-state index in [1.54, 1.807) is 12.3 Å². The van der Waals surface area contributed by atoms with Crippen LogP contribution in [-0.2, 0) is 6.42 Å². The van der Waals surface area contributed by atoms with Crippen LogP contribution in [0.15, 0.2) is 30.5 Å². The van der Waals surface area contributed by atoms with Gasteiger partial charge in [-0.15, -0.1) is 5.10 Å².